The van der Waals surface area contributed by atoms with Gasteiger partial charge in [-0.1, -0.05) is 35.3 Å². The highest BCUT2D eigenvalue weighted by atomic mass is 35.5. The number of thiazole rings is 1. The van der Waals surface area contributed by atoms with Crippen molar-refractivity contribution in [1.82, 2.24) is 10.3 Å². The lowest BCUT2D eigenvalue weighted by Crippen LogP contribution is -2.30. The van der Waals surface area contributed by atoms with Gasteiger partial charge in [0.05, 0.1) is 20.7 Å². The Morgan fingerprint density at radius 3 is 2.74 bits per heavy atom. The number of rotatable bonds is 5. The third-order valence-corrected chi connectivity index (χ3v) is 4.71. The summed E-state index contributed by atoms with van der Waals surface area (Å²) in [4.78, 5) is 4.50. The van der Waals surface area contributed by atoms with Crippen LogP contribution >= 0.6 is 34.5 Å². The van der Waals surface area contributed by atoms with Crippen LogP contribution in [0.15, 0.2) is 23.6 Å². The molecule has 2 aromatic rings. The van der Waals surface area contributed by atoms with Gasteiger partial charge >= 0.3 is 0 Å². The van der Waals surface area contributed by atoms with Crippen LogP contribution in [0, 0.1) is 6.92 Å². The van der Waals surface area contributed by atoms with E-state index < -0.39 is 0 Å². The minimum Gasteiger partial charge on any atom is -0.316 e. The number of likely N-dealkylation sites (N-methyl/N-ethyl adjacent to an activating group) is 1. The average molecular weight is 315 g/mol. The molecule has 2 nitrogen and oxygen atoms in total. The Hall–Kier alpha value is -0.610. The van der Waals surface area contributed by atoms with Crippen LogP contribution in [0.3, 0.4) is 0 Å². The summed E-state index contributed by atoms with van der Waals surface area (Å²) in [6.07, 6.45) is 1.73. The van der Waals surface area contributed by atoms with Crippen molar-refractivity contribution >= 4 is 34.5 Å². The summed E-state index contributed by atoms with van der Waals surface area (Å²) < 4.78 is 0. The van der Waals surface area contributed by atoms with E-state index >= 15 is 0 Å². The molecule has 1 atom stereocenters. The number of nitrogens with zero attached hydrogens (tertiary/aromatic N) is 1. The summed E-state index contributed by atoms with van der Waals surface area (Å²) in [5, 5.41) is 7.79. The van der Waals surface area contributed by atoms with Crippen molar-refractivity contribution in [3.05, 3.63) is 49.9 Å². The first kappa shape index (κ1) is 14.8. The third-order valence-electron chi connectivity index (χ3n) is 3.03. The summed E-state index contributed by atoms with van der Waals surface area (Å²) >= 11 is 14.0. The summed E-state index contributed by atoms with van der Waals surface area (Å²) in [5.74, 6) is 0. The van der Waals surface area contributed by atoms with Crippen molar-refractivity contribution in [3.63, 3.8) is 0 Å². The van der Waals surface area contributed by atoms with Crippen molar-refractivity contribution in [1.29, 1.82) is 0 Å². The van der Waals surface area contributed by atoms with Gasteiger partial charge in [0.25, 0.3) is 0 Å². The van der Waals surface area contributed by atoms with E-state index in [2.05, 4.69) is 15.7 Å². The van der Waals surface area contributed by atoms with Gasteiger partial charge in [0.1, 0.15) is 0 Å². The van der Waals surface area contributed by atoms with Gasteiger partial charge in [0.2, 0.25) is 0 Å². The fourth-order valence-corrected chi connectivity index (χ4v) is 3.03. The van der Waals surface area contributed by atoms with E-state index in [1.807, 2.05) is 32.2 Å². The molecular weight excluding hydrogens is 299 g/mol. The Morgan fingerprint density at radius 2 is 2.11 bits per heavy atom. The molecule has 0 aliphatic heterocycles. The van der Waals surface area contributed by atoms with Gasteiger partial charge in [-0.3, -0.25) is 0 Å². The minimum atomic E-state index is 0.303. The Balaban J connectivity index is 2.08. The maximum absolute atomic E-state index is 6.23. The monoisotopic (exact) mass is 314 g/mol. The molecule has 1 unspecified atom stereocenters. The minimum absolute atomic E-state index is 0.303. The SMILES string of the molecule is CNC(Cc1csc(C)n1)Cc1cccc(Cl)c1Cl. The third kappa shape index (κ3) is 3.93. The molecule has 0 saturated carbocycles. The highest BCUT2D eigenvalue weighted by molar-refractivity contribution is 7.09. The van der Waals surface area contributed by atoms with Gasteiger partial charge in [0, 0.05) is 17.8 Å². The van der Waals surface area contributed by atoms with E-state index in [1.165, 1.54) is 0 Å². The Bertz CT molecular complexity index is 554. The van der Waals surface area contributed by atoms with Crippen LogP contribution in [-0.4, -0.2) is 18.1 Å². The number of aryl methyl sites for hydroxylation is 1. The first-order valence-electron chi connectivity index (χ1n) is 6.11. The zero-order valence-electron chi connectivity index (χ0n) is 10.9. The first-order valence-corrected chi connectivity index (χ1v) is 7.75. The smallest absolute Gasteiger partial charge is 0.0897 e. The van der Waals surface area contributed by atoms with Crippen molar-refractivity contribution in [2.75, 3.05) is 7.05 Å². The van der Waals surface area contributed by atoms with Gasteiger partial charge < -0.3 is 5.32 Å². The van der Waals surface area contributed by atoms with E-state index in [4.69, 9.17) is 23.2 Å². The van der Waals surface area contributed by atoms with Crippen LogP contribution in [0.1, 0.15) is 16.3 Å². The van der Waals surface area contributed by atoms with Crippen LogP contribution in [0.5, 0.6) is 0 Å². The molecule has 19 heavy (non-hydrogen) atoms. The highest BCUT2D eigenvalue weighted by Gasteiger charge is 2.13. The quantitative estimate of drug-likeness (QED) is 0.897. The predicted molar refractivity (Wildman–Crippen MR) is 83.6 cm³/mol. The zero-order valence-corrected chi connectivity index (χ0v) is 13.2. The lowest BCUT2D eigenvalue weighted by molar-refractivity contribution is 0.551. The van der Waals surface area contributed by atoms with Crippen molar-refractivity contribution in [3.8, 4) is 0 Å². The molecule has 0 fully saturated rings. The van der Waals surface area contributed by atoms with E-state index in [-0.39, 0.29) is 0 Å². The molecule has 0 aliphatic rings. The van der Waals surface area contributed by atoms with Crippen molar-refractivity contribution in [2.24, 2.45) is 0 Å². The Kier molecular flexibility index (Phi) is 5.22. The molecule has 1 aromatic heterocycles. The predicted octanol–water partition coefficient (Wildman–Crippen LogP) is 4.13. The van der Waals surface area contributed by atoms with Crippen LogP contribution in [0.25, 0.3) is 0 Å². The fraction of sp³-hybridized carbons (Fsp3) is 0.357. The second-order valence-electron chi connectivity index (χ2n) is 4.46. The Labute approximate surface area is 127 Å². The lowest BCUT2D eigenvalue weighted by atomic mass is 10.0. The van der Waals surface area contributed by atoms with E-state index in [0.717, 1.165) is 29.1 Å². The molecule has 0 radical (unpaired) electrons. The molecule has 5 heteroatoms. The van der Waals surface area contributed by atoms with Crippen molar-refractivity contribution < 1.29 is 0 Å². The molecule has 2 rings (SSSR count). The molecule has 0 amide bonds. The number of aromatic nitrogens is 1. The molecule has 102 valence electrons. The van der Waals surface area contributed by atoms with Gasteiger partial charge in [-0.05, 0) is 32.0 Å². The van der Waals surface area contributed by atoms with Crippen LogP contribution < -0.4 is 5.32 Å². The number of hydrogen-bond acceptors (Lipinski definition) is 3. The zero-order chi connectivity index (χ0) is 13.8. The molecule has 0 aliphatic carbocycles. The summed E-state index contributed by atoms with van der Waals surface area (Å²) in [7, 11) is 1.96. The second kappa shape index (κ2) is 6.71. The van der Waals surface area contributed by atoms with Gasteiger partial charge in [-0.2, -0.15) is 0 Å². The molecular formula is C14H16Cl2N2S. The standard InChI is InChI=1S/C14H16Cl2N2S/c1-9-18-12(8-19-9)7-11(17-2)6-10-4-3-5-13(15)14(10)16/h3-5,8,11,17H,6-7H2,1-2H3. The Morgan fingerprint density at radius 1 is 1.32 bits per heavy atom. The van der Waals surface area contributed by atoms with Crippen LogP contribution in [0.4, 0.5) is 0 Å². The largest absolute Gasteiger partial charge is 0.316 e. The molecule has 1 heterocycles. The topological polar surface area (TPSA) is 24.9 Å². The van der Waals surface area contributed by atoms with Gasteiger partial charge in [-0.25, -0.2) is 4.98 Å². The molecule has 1 N–H and O–H groups in total. The normalized spacial score (nSPS) is 12.6. The van der Waals surface area contributed by atoms with E-state index in [0.29, 0.717) is 16.1 Å². The van der Waals surface area contributed by atoms with Crippen molar-refractivity contribution in [2.45, 2.75) is 25.8 Å². The second-order valence-corrected chi connectivity index (χ2v) is 6.31. The fourth-order valence-electron chi connectivity index (χ4n) is 2.00. The summed E-state index contributed by atoms with van der Waals surface area (Å²) in [6.45, 7) is 2.02. The lowest BCUT2D eigenvalue weighted by Gasteiger charge is -2.16. The van der Waals surface area contributed by atoms with Crippen LogP contribution in [0.2, 0.25) is 10.0 Å². The summed E-state index contributed by atoms with van der Waals surface area (Å²) in [6, 6.07) is 6.07. The number of hydrogen-bond donors (Lipinski definition) is 1. The number of nitrogens with one attached hydrogen (secondary N) is 1. The molecule has 0 saturated heterocycles. The maximum Gasteiger partial charge on any atom is 0.0897 e. The van der Waals surface area contributed by atoms with Gasteiger partial charge in [-0.15, -0.1) is 11.3 Å². The summed E-state index contributed by atoms with van der Waals surface area (Å²) in [5.41, 5.74) is 2.19. The maximum atomic E-state index is 6.23. The van der Waals surface area contributed by atoms with E-state index in [1.54, 1.807) is 11.3 Å². The van der Waals surface area contributed by atoms with Gasteiger partial charge in [0.15, 0.2) is 0 Å². The highest BCUT2D eigenvalue weighted by Crippen LogP contribution is 2.26. The number of halogens is 2. The molecule has 1 aromatic carbocycles. The molecule has 0 spiro atoms. The van der Waals surface area contributed by atoms with E-state index in [9.17, 15) is 0 Å². The average Bonchev–Trinajstić information content (AvgIpc) is 2.79. The first-order chi connectivity index (χ1) is 9.10. The number of benzene rings is 1. The van der Waals surface area contributed by atoms with Crippen LogP contribution in [-0.2, 0) is 12.8 Å². The molecule has 0 bridgehead atoms.